The number of benzene rings is 2. The average molecular weight is 318 g/mol. The lowest BCUT2D eigenvalue weighted by atomic mass is 10.2. The van der Waals surface area contributed by atoms with Gasteiger partial charge in [0.1, 0.15) is 11.9 Å². The van der Waals surface area contributed by atoms with Crippen molar-refractivity contribution in [2.75, 3.05) is 23.7 Å². The molecule has 0 spiro atoms. The molecule has 22 heavy (non-hydrogen) atoms. The fraction of sp³-hybridized carbons (Fsp3) is 0.188. The first kappa shape index (κ1) is 14.7. The molecular weight excluding hydrogens is 302 g/mol. The van der Waals surface area contributed by atoms with Gasteiger partial charge in [-0.05, 0) is 42.5 Å². The van der Waals surface area contributed by atoms with E-state index in [0.29, 0.717) is 16.4 Å². The lowest BCUT2D eigenvalue weighted by Gasteiger charge is -2.27. The Labute approximate surface area is 133 Å². The largest absolute Gasteiger partial charge is 0.488 e. The zero-order chi connectivity index (χ0) is 15.4. The normalized spacial score (nSPS) is 14.0. The van der Waals surface area contributed by atoms with Gasteiger partial charge < -0.3 is 20.7 Å². The van der Waals surface area contributed by atoms with Gasteiger partial charge in [0.05, 0.1) is 0 Å². The Hall–Kier alpha value is -2.24. The molecule has 1 heterocycles. The van der Waals surface area contributed by atoms with E-state index in [1.165, 1.54) is 0 Å². The van der Waals surface area contributed by atoms with Crippen LogP contribution in [0.4, 0.5) is 16.2 Å². The lowest BCUT2D eigenvalue weighted by Crippen LogP contribution is -2.50. The second kappa shape index (κ2) is 6.68. The van der Waals surface area contributed by atoms with E-state index in [9.17, 15) is 4.79 Å². The summed E-state index contributed by atoms with van der Waals surface area (Å²) in [5.41, 5.74) is 1.33. The molecule has 3 rings (SSSR count). The number of hydrogen-bond donors (Lipinski definition) is 3. The highest BCUT2D eigenvalue weighted by Crippen LogP contribution is 2.19. The van der Waals surface area contributed by atoms with Crippen molar-refractivity contribution >= 4 is 29.0 Å². The van der Waals surface area contributed by atoms with Gasteiger partial charge in [-0.25, -0.2) is 4.79 Å². The molecule has 0 aromatic heterocycles. The third-order valence-corrected chi connectivity index (χ3v) is 3.48. The fourth-order valence-corrected chi connectivity index (χ4v) is 2.20. The first-order chi connectivity index (χ1) is 10.7. The van der Waals surface area contributed by atoms with Crippen molar-refractivity contribution in [3.63, 3.8) is 0 Å². The van der Waals surface area contributed by atoms with Gasteiger partial charge in [0.2, 0.25) is 0 Å². The molecule has 1 saturated heterocycles. The quantitative estimate of drug-likeness (QED) is 0.810. The van der Waals surface area contributed by atoms with Crippen LogP contribution in [0.25, 0.3) is 0 Å². The van der Waals surface area contributed by atoms with Crippen molar-refractivity contribution < 1.29 is 9.53 Å². The minimum Gasteiger partial charge on any atom is -0.488 e. The number of halogens is 1. The van der Waals surface area contributed by atoms with Crippen LogP contribution < -0.4 is 20.7 Å². The van der Waals surface area contributed by atoms with Gasteiger partial charge >= 0.3 is 6.03 Å². The summed E-state index contributed by atoms with van der Waals surface area (Å²) in [6.07, 6.45) is 0.241. The van der Waals surface area contributed by atoms with E-state index < -0.39 is 0 Å². The summed E-state index contributed by atoms with van der Waals surface area (Å²) >= 11 is 5.87. The predicted octanol–water partition coefficient (Wildman–Crippen LogP) is 3.33. The number of urea groups is 1. The number of hydrogen-bond acceptors (Lipinski definition) is 3. The molecule has 0 atom stereocenters. The van der Waals surface area contributed by atoms with Crippen molar-refractivity contribution in [1.29, 1.82) is 0 Å². The van der Waals surface area contributed by atoms with E-state index in [2.05, 4.69) is 16.0 Å². The zero-order valence-corrected chi connectivity index (χ0v) is 12.6. The Balaban J connectivity index is 1.54. The predicted molar refractivity (Wildman–Crippen MR) is 87.8 cm³/mol. The Morgan fingerprint density at radius 2 is 1.82 bits per heavy atom. The van der Waals surface area contributed by atoms with E-state index in [0.717, 1.165) is 18.8 Å². The number of amides is 2. The van der Waals surface area contributed by atoms with Crippen LogP contribution in [0.15, 0.2) is 48.5 Å². The Morgan fingerprint density at radius 1 is 1.09 bits per heavy atom. The monoisotopic (exact) mass is 317 g/mol. The third-order valence-electron chi connectivity index (χ3n) is 3.24. The molecule has 5 nitrogen and oxygen atoms in total. The summed E-state index contributed by atoms with van der Waals surface area (Å²) in [6, 6.07) is 14.0. The molecular formula is C16H16ClN3O2. The van der Waals surface area contributed by atoms with Gasteiger partial charge in [-0.1, -0.05) is 17.7 Å². The van der Waals surface area contributed by atoms with E-state index in [1.807, 2.05) is 12.1 Å². The van der Waals surface area contributed by atoms with Crippen LogP contribution in [0.1, 0.15) is 0 Å². The molecule has 0 bridgehead atoms. The Bertz CT molecular complexity index is 657. The van der Waals surface area contributed by atoms with Crippen LogP contribution in [-0.4, -0.2) is 25.2 Å². The summed E-state index contributed by atoms with van der Waals surface area (Å²) in [7, 11) is 0. The molecule has 2 aromatic rings. The average Bonchev–Trinajstić information content (AvgIpc) is 2.44. The Kier molecular flexibility index (Phi) is 4.46. The van der Waals surface area contributed by atoms with Gasteiger partial charge in [0.15, 0.2) is 0 Å². The molecule has 2 aromatic carbocycles. The molecule has 6 heteroatoms. The van der Waals surface area contributed by atoms with E-state index in [-0.39, 0.29) is 12.1 Å². The maximum atomic E-state index is 11.9. The lowest BCUT2D eigenvalue weighted by molar-refractivity contribution is 0.142. The minimum absolute atomic E-state index is 0.241. The van der Waals surface area contributed by atoms with Crippen LogP contribution in [0.2, 0.25) is 5.02 Å². The van der Waals surface area contributed by atoms with Crippen molar-refractivity contribution in [3.05, 3.63) is 53.6 Å². The number of ether oxygens (including phenoxy) is 1. The molecule has 0 unspecified atom stereocenters. The number of carbonyl (C=O) groups excluding carboxylic acids is 1. The zero-order valence-electron chi connectivity index (χ0n) is 11.8. The van der Waals surface area contributed by atoms with Crippen LogP contribution in [0, 0.1) is 0 Å². The van der Waals surface area contributed by atoms with E-state index >= 15 is 0 Å². The second-order valence-corrected chi connectivity index (χ2v) is 5.45. The highest BCUT2D eigenvalue weighted by molar-refractivity contribution is 6.30. The van der Waals surface area contributed by atoms with Crippen molar-refractivity contribution in [2.45, 2.75) is 6.10 Å². The molecule has 0 saturated carbocycles. The third kappa shape index (κ3) is 3.90. The molecule has 1 aliphatic heterocycles. The number of rotatable bonds is 4. The SMILES string of the molecule is O=C(Nc1ccc(OC2CNC2)cc1)Nc1cccc(Cl)c1. The highest BCUT2D eigenvalue weighted by Gasteiger charge is 2.17. The molecule has 1 fully saturated rings. The molecule has 0 aliphatic carbocycles. The Morgan fingerprint density at radius 3 is 2.45 bits per heavy atom. The molecule has 0 radical (unpaired) electrons. The number of nitrogens with one attached hydrogen (secondary N) is 3. The maximum Gasteiger partial charge on any atom is 0.323 e. The molecule has 3 N–H and O–H groups in total. The summed E-state index contributed by atoms with van der Waals surface area (Å²) in [4.78, 5) is 11.9. The smallest absolute Gasteiger partial charge is 0.323 e. The van der Waals surface area contributed by atoms with Gasteiger partial charge in [-0.2, -0.15) is 0 Å². The first-order valence-electron chi connectivity index (χ1n) is 7.00. The van der Waals surface area contributed by atoms with Crippen molar-refractivity contribution in [2.24, 2.45) is 0 Å². The van der Waals surface area contributed by atoms with Crippen LogP contribution in [0.3, 0.4) is 0 Å². The standard InChI is InChI=1S/C16H16ClN3O2/c17-11-2-1-3-13(8-11)20-16(21)19-12-4-6-14(7-5-12)22-15-9-18-10-15/h1-8,15,18H,9-10H2,(H2,19,20,21). The summed E-state index contributed by atoms with van der Waals surface area (Å²) in [5.74, 6) is 0.798. The number of anilines is 2. The second-order valence-electron chi connectivity index (χ2n) is 5.01. The van der Waals surface area contributed by atoms with E-state index in [1.54, 1.807) is 36.4 Å². The maximum absolute atomic E-state index is 11.9. The summed E-state index contributed by atoms with van der Waals surface area (Å²) < 4.78 is 5.71. The minimum atomic E-state index is -0.320. The highest BCUT2D eigenvalue weighted by atomic mass is 35.5. The topological polar surface area (TPSA) is 62.4 Å². The summed E-state index contributed by atoms with van der Waals surface area (Å²) in [6.45, 7) is 1.75. The number of carbonyl (C=O) groups is 1. The molecule has 1 aliphatic rings. The van der Waals surface area contributed by atoms with Crippen molar-refractivity contribution in [3.8, 4) is 5.75 Å². The van der Waals surface area contributed by atoms with Gasteiger partial charge in [-0.15, -0.1) is 0 Å². The fourth-order valence-electron chi connectivity index (χ4n) is 2.01. The van der Waals surface area contributed by atoms with Crippen LogP contribution in [-0.2, 0) is 0 Å². The van der Waals surface area contributed by atoms with E-state index in [4.69, 9.17) is 16.3 Å². The molecule has 114 valence electrons. The van der Waals surface area contributed by atoms with Crippen LogP contribution in [0.5, 0.6) is 5.75 Å². The van der Waals surface area contributed by atoms with Crippen LogP contribution >= 0.6 is 11.6 Å². The first-order valence-corrected chi connectivity index (χ1v) is 7.38. The van der Waals surface area contributed by atoms with Crippen molar-refractivity contribution in [1.82, 2.24) is 5.32 Å². The van der Waals surface area contributed by atoms with Gasteiger partial charge in [0.25, 0.3) is 0 Å². The molecule has 2 amide bonds. The van der Waals surface area contributed by atoms with Gasteiger partial charge in [-0.3, -0.25) is 0 Å². The summed E-state index contributed by atoms with van der Waals surface area (Å²) in [5, 5.41) is 9.20. The van der Waals surface area contributed by atoms with Gasteiger partial charge in [0, 0.05) is 29.5 Å².